The van der Waals surface area contributed by atoms with Crippen LogP contribution in [0.15, 0.2) is 24.3 Å². The predicted molar refractivity (Wildman–Crippen MR) is 82.0 cm³/mol. The summed E-state index contributed by atoms with van der Waals surface area (Å²) >= 11 is 0. The molecule has 2 heterocycles. The number of aryl methyl sites for hydroxylation is 1. The molecule has 0 bridgehead atoms. The monoisotopic (exact) mass is 300 g/mol. The van der Waals surface area contributed by atoms with Crippen molar-refractivity contribution in [1.82, 2.24) is 30.8 Å². The van der Waals surface area contributed by atoms with Crippen molar-refractivity contribution in [2.24, 2.45) is 0 Å². The number of carbonyl (C=O) groups excluding carboxylic acids is 1. The smallest absolute Gasteiger partial charge is 0.243 e. The molecule has 22 heavy (non-hydrogen) atoms. The van der Waals surface area contributed by atoms with Crippen LogP contribution in [0.4, 0.5) is 0 Å². The van der Waals surface area contributed by atoms with Crippen LogP contribution >= 0.6 is 0 Å². The molecule has 0 radical (unpaired) electrons. The maximum atomic E-state index is 12.0. The van der Waals surface area contributed by atoms with Gasteiger partial charge in [0.2, 0.25) is 11.7 Å². The minimum atomic E-state index is -0.0819. The molecule has 0 unspecified atom stereocenters. The number of tetrazole rings is 1. The third-order valence-corrected chi connectivity index (χ3v) is 3.71. The van der Waals surface area contributed by atoms with E-state index < -0.39 is 0 Å². The first-order chi connectivity index (χ1) is 10.7. The zero-order valence-corrected chi connectivity index (χ0v) is 12.6. The van der Waals surface area contributed by atoms with Crippen molar-refractivity contribution in [3.8, 4) is 11.4 Å². The SMILES string of the molecule is Cc1ccc(-c2nnn(CC(=O)N[C@H]3CCCNC3)n2)cc1. The molecule has 0 aliphatic carbocycles. The molecule has 1 amide bonds. The Kier molecular flexibility index (Phi) is 4.43. The Morgan fingerprint density at radius 3 is 2.95 bits per heavy atom. The average Bonchev–Trinajstić information content (AvgIpc) is 2.97. The molecule has 3 rings (SSSR count). The minimum Gasteiger partial charge on any atom is -0.350 e. The van der Waals surface area contributed by atoms with Crippen LogP contribution < -0.4 is 10.6 Å². The van der Waals surface area contributed by atoms with Gasteiger partial charge in [-0.05, 0) is 31.5 Å². The van der Waals surface area contributed by atoms with Gasteiger partial charge in [-0.15, -0.1) is 10.2 Å². The molecule has 7 heteroatoms. The molecule has 1 fully saturated rings. The maximum Gasteiger partial charge on any atom is 0.243 e. The second-order valence-electron chi connectivity index (χ2n) is 5.62. The summed E-state index contributed by atoms with van der Waals surface area (Å²) in [6.45, 7) is 3.97. The molecule has 1 atom stereocenters. The van der Waals surface area contributed by atoms with Crippen LogP contribution in [0.5, 0.6) is 0 Å². The Balaban J connectivity index is 1.59. The van der Waals surface area contributed by atoms with Gasteiger partial charge < -0.3 is 10.6 Å². The molecule has 2 N–H and O–H groups in total. The fraction of sp³-hybridized carbons (Fsp3) is 0.467. The number of amides is 1. The van der Waals surface area contributed by atoms with Gasteiger partial charge in [0.15, 0.2) is 0 Å². The molecule has 0 saturated carbocycles. The Bertz CT molecular complexity index is 630. The topological polar surface area (TPSA) is 84.7 Å². The molecule has 0 spiro atoms. The number of benzene rings is 1. The number of carbonyl (C=O) groups is 1. The Labute approximate surface area is 129 Å². The van der Waals surface area contributed by atoms with Crippen molar-refractivity contribution >= 4 is 5.91 Å². The molecule has 1 aromatic heterocycles. The molecular weight excluding hydrogens is 280 g/mol. The fourth-order valence-corrected chi connectivity index (χ4v) is 2.51. The van der Waals surface area contributed by atoms with E-state index in [2.05, 4.69) is 26.0 Å². The van der Waals surface area contributed by atoms with Crippen LogP contribution in [0.25, 0.3) is 11.4 Å². The van der Waals surface area contributed by atoms with Gasteiger partial charge in [-0.3, -0.25) is 4.79 Å². The number of nitrogens with zero attached hydrogens (tertiary/aromatic N) is 4. The van der Waals surface area contributed by atoms with Gasteiger partial charge in [0.05, 0.1) is 0 Å². The van der Waals surface area contributed by atoms with Gasteiger partial charge in [-0.25, -0.2) is 0 Å². The molecule has 116 valence electrons. The van der Waals surface area contributed by atoms with Crippen molar-refractivity contribution < 1.29 is 4.79 Å². The van der Waals surface area contributed by atoms with Crippen LogP contribution in [0.3, 0.4) is 0 Å². The normalized spacial score (nSPS) is 18.1. The third-order valence-electron chi connectivity index (χ3n) is 3.71. The summed E-state index contributed by atoms with van der Waals surface area (Å²) in [6, 6.07) is 8.09. The number of aromatic nitrogens is 4. The summed E-state index contributed by atoms with van der Waals surface area (Å²) in [5.74, 6) is 0.452. The van der Waals surface area contributed by atoms with E-state index in [9.17, 15) is 4.79 Å². The van der Waals surface area contributed by atoms with E-state index in [0.717, 1.165) is 31.5 Å². The van der Waals surface area contributed by atoms with E-state index in [0.29, 0.717) is 5.82 Å². The van der Waals surface area contributed by atoms with Crippen LogP contribution in [0.2, 0.25) is 0 Å². The molecule has 2 aromatic rings. The molecular formula is C15H20N6O. The van der Waals surface area contributed by atoms with E-state index >= 15 is 0 Å². The molecule has 7 nitrogen and oxygen atoms in total. The van der Waals surface area contributed by atoms with E-state index in [-0.39, 0.29) is 18.5 Å². The lowest BCUT2D eigenvalue weighted by Gasteiger charge is -2.23. The summed E-state index contributed by atoms with van der Waals surface area (Å²) in [7, 11) is 0. The van der Waals surface area contributed by atoms with Crippen molar-refractivity contribution in [2.75, 3.05) is 13.1 Å². The van der Waals surface area contributed by atoms with E-state index in [1.807, 2.05) is 31.2 Å². The zero-order chi connectivity index (χ0) is 15.4. The standard InChI is InChI=1S/C15H20N6O/c1-11-4-6-12(7-5-11)15-18-20-21(19-15)10-14(22)17-13-3-2-8-16-9-13/h4-7,13,16H,2-3,8-10H2,1H3,(H,17,22)/t13-/m0/s1. The van der Waals surface area contributed by atoms with Crippen molar-refractivity contribution in [2.45, 2.75) is 32.4 Å². The van der Waals surface area contributed by atoms with Crippen molar-refractivity contribution in [3.05, 3.63) is 29.8 Å². The first-order valence-electron chi connectivity index (χ1n) is 7.55. The fourth-order valence-electron chi connectivity index (χ4n) is 2.51. The lowest BCUT2D eigenvalue weighted by molar-refractivity contribution is -0.122. The second-order valence-corrected chi connectivity index (χ2v) is 5.62. The van der Waals surface area contributed by atoms with Gasteiger partial charge in [0, 0.05) is 18.2 Å². The summed E-state index contributed by atoms with van der Waals surface area (Å²) in [5, 5.41) is 18.5. The number of hydrogen-bond donors (Lipinski definition) is 2. The van der Waals surface area contributed by atoms with E-state index in [1.54, 1.807) is 0 Å². The second kappa shape index (κ2) is 6.65. The van der Waals surface area contributed by atoms with Crippen LogP contribution in [0.1, 0.15) is 18.4 Å². The zero-order valence-electron chi connectivity index (χ0n) is 12.6. The van der Waals surface area contributed by atoms with Crippen molar-refractivity contribution in [3.63, 3.8) is 0 Å². The van der Waals surface area contributed by atoms with Gasteiger partial charge in [-0.1, -0.05) is 29.8 Å². The maximum absolute atomic E-state index is 12.0. The first-order valence-corrected chi connectivity index (χ1v) is 7.55. The quantitative estimate of drug-likeness (QED) is 0.860. The highest BCUT2D eigenvalue weighted by Crippen LogP contribution is 2.13. The average molecular weight is 300 g/mol. The Morgan fingerprint density at radius 2 is 2.23 bits per heavy atom. The van der Waals surface area contributed by atoms with Crippen LogP contribution in [-0.4, -0.2) is 45.2 Å². The van der Waals surface area contributed by atoms with E-state index in [4.69, 9.17) is 0 Å². The Hall–Kier alpha value is -2.28. The highest BCUT2D eigenvalue weighted by Gasteiger charge is 2.16. The van der Waals surface area contributed by atoms with Crippen LogP contribution in [-0.2, 0) is 11.3 Å². The highest BCUT2D eigenvalue weighted by molar-refractivity contribution is 5.75. The molecule has 1 aliphatic rings. The summed E-state index contributed by atoms with van der Waals surface area (Å²) < 4.78 is 0. The number of nitrogens with one attached hydrogen (secondary N) is 2. The predicted octanol–water partition coefficient (Wildman–Crippen LogP) is 0.517. The third kappa shape index (κ3) is 3.67. The lowest BCUT2D eigenvalue weighted by atomic mass is 10.1. The summed E-state index contributed by atoms with van der Waals surface area (Å²) in [4.78, 5) is 13.3. The molecule has 1 aromatic carbocycles. The first kappa shape index (κ1) is 14.6. The van der Waals surface area contributed by atoms with Gasteiger partial charge >= 0.3 is 0 Å². The minimum absolute atomic E-state index is 0.0819. The number of rotatable bonds is 4. The Morgan fingerprint density at radius 1 is 1.41 bits per heavy atom. The van der Waals surface area contributed by atoms with Crippen molar-refractivity contribution in [1.29, 1.82) is 0 Å². The molecule has 1 saturated heterocycles. The number of hydrogen-bond acceptors (Lipinski definition) is 5. The number of piperidine rings is 1. The largest absolute Gasteiger partial charge is 0.350 e. The highest BCUT2D eigenvalue weighted by atomic mass is 16.2. The van der Waals surface area contributed by atoms with E-state index in [1.165, 1.54) is 10.4 Å². The summed E-state index contributed by atoms with van der Waals surface area (Å²) in [5.41, 5.74) is 2.07. The van der Waals surface area contributed by atoms with Gasteiger partial charge in [0.1, 0.15) is 6.54 Å². The molecule has 1 aliphatic heterocycles. The van der Waals surface area contributed by atoms with Crippen LogP contribution in [0, 0.1) is 6.92 Å². The summed E-state index contributed by atoms with van der Waals surface area (Å²) in [6.07, 6.45) is 2.10. The van der Waals surface area contributed by atoms with Gasteiger partial charge in [0.25, 0.3) is 0 Å². The van der Waals surface area contributed by atoms with Gasteiger partial charge in [-0.2, -0.15) is 4.80 Å². The lowest BCUT2D eigenvalue weighted by Crippen LogP contribution is -2.46.